The number of hydrogen-bond acceptors (Lipinski definition) is 5. The van der Waals surface area contributed by atoms with Crippen LogP contribution in [0, 0.1) is 12.7 Å². The molecule has 1 aliphatic rings. The van der Waals surface area contributed by atoms with E-state index in [-0.39, 0.29) is 17.4 Å². The highest BCUT2D eigenvalue weighted by molar-refractivity contribution is 7.22. The second-order valence-corrected chi connectivity index (χ2v) is 8.56. The predicted octanol–water partition coefficient (Wildman–Crippen LogP) is 3.53. The van der Waals surface area contributed by atoms with Crippen molar-refractivity contribution in [2.24, 2.45) is 0 Å². The largest absolute Gasteiger partial charge is 0.314 e. The fourth-order valence-electron chi connectivity index (χ4n) is 4.00. The smallest absolute Gasteiger partial charge is 0.271 e. The van der Waals surface area contributed by atoms with Gasteiger partial charge < -0.3 is 9.72 Å². The minimum Gasteiger partial charge on any atom is -0.314 e. The molecule has 1 fully saturated rings. The molecule has 4 aromatic rings. The van der Waals surface area contributed by atoms with E-state index in [4.69, 9.17) is 0 Å². The van der Waals surface area contributed by atoms with Crippen molar-refractivity contribution < 1.29 is 4.39 Å². The Hall–Kier alpha value is -2.58. The molecule has 0 unspecified atom stereocenters. The zero-order chi connectivity index (χ0) is 19.4. The monoisotopic (exact) mass is 397 g/mol. The van der Waals surface area contributed by atoms with Crippen molar-refractivity contribution in [2.45, 2.75) is 38.8 Å². The standard InChI is InChI=1S/C20H20FN5OS/c1-11-5-14(3-4-22-11)26-10-23-16-7-17(28-18(16)20(26)27)13-6-15(21)19-24-12(2)8-25(19)9-13/h6-11,14,22H,3-5H2,1-2H3/t11-,14+/m0/s1. The van der Waals surface area contributed by atoms with Gasteiger partial charge in [-0.05, 0) is 45.4 Å². The molecule has 0 radical (unpaired) electrons. The first-order valence-electron chi connectivity index (χ1n) is 9.39. The highest BCUT2D eigenvalue weighted by Crippen LogP contribution is 2.32. The normalized spacial score (nSPS) is 20.2. The van der Waals surface area contributed by atoms with E-state index in [0.717, 1.165) is 30.0 Å². The summed E-state index contributed by atoms with van der Waals surface area (Å²) in [6.45, 7) is 4.87. The van der Waals surface area contributed by atoms with Crippen LogP contribution in [-0.4, -0.2) is 31.5 Å². The molecule has 28 heavy (non-hydrogen) atoms. The molecule has 6 nitrogen and oxygen atoms in total. The van der Waals surface area contributed by atoms with Gasteiger partial charge >= 0.3 is 0 Å². The van der Waals surface area contributed by atoms with E-state index in [9.17, 15) is 9.18 Å². The zero-order valence-electron chi connectivity index (χ0n) is 15.6. The molecule has 144 valence electrons. The molecule has 5 heterocycles. The van der Waals surface area contributed by atoms with E-state index in [1.165, 1.54) is 17.4 Å². The van der Waals surface area contributed by atoms with Crippen LogP contribution in [0.15, 0.2) is 35.6 Å². The van der Waals surface area contributed by atoms with E-state index < -0.39 is 0 Å². The Labute approximate surface area is 164 Å². The highest BCUT2D eigenvalue weighted by atomic mass is 32.1. The number of aryl methyl sites for hydroxylation is 1. The zero-order valence-corrected chi connectivity index (χ0v) is 16.5. The van der Waals surface area contributed by atoms with Crippen LogP contribution in [-0.2, 0) is 0 Å². The van der Waals surface area contributed by atoms with Gasteiger partial charge in [0.05, 0.1) is 17.5 Å². The molecular formula is C20H20FN5OS. The van der Waals surface area contributed by atoms with Crippen LogP contribution < -0.4 is 10.9 Å². The van der Waals surface area contributed by atoms with E-state index in [2.05, 4.69) is 22.2 Å². The van der Waals surface area contributed by atoms with Crippen molar-refractivity contribution in [3.8, 4) is 10.4 Å². The molecule has 5 rings (SSSR count). The Morgan fingerprint density at radius 3 is 3.00 bits per heavy atom. The van der Waals surface area contributed by atoms with Crippen molar-refractivity contribution in [1.29, 1.82) is 0 Å². The molecular weight excluding hydrogens is 377 g/mol. The summed E-state index contributed by atoms with van der Waals surface area (Å²) in [4.78, 5) is 22.6. The lowest BCUT2D eigenvalue weighted by molar-refractivity contribution is 0.307. The van der Waals surface area contributed by atoms with Gasteiger partial charge in [-0.25, -0.2) is 14.4 Å². The summed E-state index contributed by atoms with van der Waals surface area (Å²) in [6, 6.07) is 3.88. The molecule has 8 heteroatoms. The molecule has 0 aliphatic carbocycles. The number of nitrogens with zero attached hydrogens (tertiary/aromatic N) is 4. The number of hydrogen-bond donors (Lipinski definition) is 1. The van der Waals surface area contributed by atoms with Crippen LogP contribution in [0.25, 0.3) is 26.3 Å². The van der Waals surface area contributed by atoms with Gasteiger partial charge in [-0.15, -0.1) is 11.3 Å². The highest BCUT2D eigenvalue weighted by Gasteiger charge is 2.22. The minimum atomic E-state index is -0.378. The van der Waals surface area contributed by atoms with Crippen LogP contribution in [0.2, 0.25) is 0 Å². The number of fused-ring (bicyclic) bond motifs is 2. The quantitative estimate of drug-likeness (QED) is 0.562. The number of nitrogens with one attached hydrogen (secondary N) is 1. The Bertz CT molecular complexity index is 1260. The average Bonchev–Trinajstić information content (AvgIpc) is 3.25. The second kappa shape index (κ2) is 6.49. The lowest BCUT2D eigenvalue weighted by Crippen LogP contribution is -2.39. The van der Waals surface area contributed by atoms with Gasteiger partial charge in [-0.3, -0.25) is 9.36 Å². The van der Waals surface area contributed by atoms with Crippen LogP contribution in [0.5, 0.6) is 0 Å². The maximum atomic E-state index is 14.5. The van der Waals surface area contributed by atoms with Crippen LogP contribution in [0.4, 0.5) is 4.39 Å². The lowest BCUT2D eigenvalue weighted by atomic mass is 10.0. The summed E-state index contributed by atoms with van der Waals surface area (Å²) < 4.78 is 18.5. The van der Waals surface area contributed by atoms with Gasteiger partial charge in [-0.1, -0.05) is 0 Å². The van der Waals surface area contributed by atoms with E-state index in [1.807, 2.05) is 19.2 Å². The van der Waals surface area contributed by atoms with E-state index in [0.29, 0.717) is 27.5 Å². The first kappa shape index (κ1) is 17.5. The molecule has 0 amide bonds. The number of imidazole rings is 1. The second-order valence-electron chi connectivity index (χ2n) is 7.51. The van der Waals surface area contributed by atoms with E-state index >= 15 is 0 Å². The summed E-state index contributed by atoms with van der Waals surface area (Å²) in [6.07, 6.45) is 7.12. The number of rotatable bonds is 2. The van der Waals surface area contributed by atoms with Crippen molar-refractivity contribution in [2.75, 3.05) is 6.54 Å². The minimum absolute atomic E-state index is 0.0135. The average molecular weight is 397 g/mol. The number of pyridine rings is 1. The number of thiophene rings is 1. The molecule has 0 bridgehead atoms. The van der Waals surface area contributed by atoms with Crippen molar-refractivity contribution in [3.05, 3.63) is 52.7 Å². The molecule has 1 N–H and O–H groups in total. The summed E-state index contributed by atoms with van der Waals surface area (Å²) in [7, 11) is 0. The molecule has 0 spiro atoms. The summed E-state index contributed by atoms with van der Waals surface area (Å²) in [5.41, 5.74) is 2.42. The van der Waals surface area contributed by atoms with Crippen LogP contribution >= 0.6 is 11.3 Å². The molecule has 1 saturated heterocycles. The van der Waals surface area contributed by atoms with Crippen LogP contribution in [0.3, 0.4) is 0 Å². The van der Waals surface area contributed by atoms with Crippen LogP contribution in [0.1, 0.15) is 31.5 Å². The van der Waals surface area contributed by atoms with Gasteiger partial charge in [0.25, 0.3) is 5.56 Å². The first-order chi connectivity index (χ1) is 13.5. The summed E-state index contributed by atoms with van der Waals surface area (Å²) in [5.74, 6) is -0.378. The van der Waals surface area contributed by atoms with Gasteiger partial charge in [0.15, 0.2) is 11.5 Å². The van der Waals surface area contributed by atoms with Gasteiger partial charge in [-0.2, -0.15) is 0 Å². The Morgan fingerprint density at radius 2 is 2.18 bits per heavy atom. The Kier molecular flexibility index (Phi) is 4.06. The van der Waals surface area contributed by atoms with Gasteiger partial charge in [0.2, 0.25) is 0 Å². The number of aromatic nitrogens is 4. The summed E-state index contributed by atoms with van der Waals surface area (Å²) in [5, 5.41) is 3.41. The Balaban J connectivity index is 1.60. The third-order valence-corrected chi connectivity index (χ3v) is 6.52. The maximum Gasteiger partial charge on any atom is 0.271 e. The fourth-order valence-corrected chi connectivity index (χ4v) is 5.03. The SMILES string of the molecule is Cc1cn2cc(-c3cc4ncn([C@@H]5CCN[C@@H](C)C5)c(=O)c4s3)cc(F)c2n1. The molecule has 2 atom stereocenters. The van der Waals surface area contributed by atoms with Crippen molar-refractivity contribution in [3.63, 3.8) is 0 Å². The first-order valence-corrected chi connectivity index (χ1v) is 10.2. The van der Waals surface area contributed by atoms with E-state index in [1.54, 1.807) is 21.5 Å². The number of piperidine rings is 1. The number of halogens is 1. The molecule has 4 aromatic heterocycles. The topological polar surface area (TPSA) is 64.2 Å². The maximum absolute atomic E-state index is 14.5. The molecule has 0 saturated carbocycles. The predicted molar refractivity (Wildman–Crippen MR) is 108 cm³/mol. The molecule has 1 aliphatic heterocycles. The third-order valence-electron chi connectivity index (χ3n) is 5.36. The molecule has 0 aromatic carbocycles. The summed E-state index contributed by atoms with van der Waals surface area (Å²) >= 11 is 1.37. The Morgan fingerprint density at radius 1 is 1.32 bits per heavy atom. The van der Waals surface area contributed by atoms with Crippen molar-refractivity contribution >= 4 is 27.2 Å². The third kappa shape index (κ3) is 2.84. The van der Waals surface area contributed by atoms with Gasteiger partial charge in [0.1, 0.15) is 4.70 Å². The van der Waals surface area contributed by atoms with Crippen molar-refractivity contribution in [1.82, 2.24) is 24.3 Å². The fraction of sp³-hybridized carbons (Fsp3) is 0.350. The van der Waals surface area contributed by atoms with Gasteiger partial charge in [0, 0.05) is 34.9 Å². The lowest BCUT2D eigenvalue weighted by Gasteiger charge is -2.29.